The predicted octanol–water partition coefficient (Wildman–Crippen LogP) is 7.33. The van der Waals surface area contributed by atoms with Crippen molar-refractivity contribution in [3.63, 3.8) is 0 Å². The van der Waals surface area contributed by atoms with Crippen LogP contribution in [0.25, 0.3) is 0 Å². The molecule has 3 aliphatic rings. The van der Waals surface area contributed by atoms with Crippen molar-refractivity contribution in [3.8, 4) is 0 Å². The molecule has 3 aliphatic carbocycles. The average Bonchev–Trinajstić information content (AvgIpc) is 2.57. The van der Waals surface area contributed by atoms with Crippen molar-refractivity contribution in [1.29, 1.82) is 0 Å². The van der Waals surface area contributed by atoms with Crippen LogP contribution >= 0.6 is 9.24 Å². The summed E-state index contributed by atoms with van der Waals surface area (Å²) in [6, 6.07) is 0. The van der Waals surface area contributed by atoms with Gasteiger partial charge >= 0.3 is 0 Å². The van der Waals surface area contributed by atoms with Gasteiger partial charge in [0.15, 0.2) is 0 Å². The molecular weight excluding hydrogens is 295 g/mol. The van der Waals surface area contributed by atoms with Crippen molar-refractivity contribution < 1.29 is 0 Å². The number of hydrogen-bond donors (Lipinski definition) is 0. The lowest BCUT2D eigenvalue weighted by Crippen LogP contribution is -2.31. The molecule has 0 N–H and O–H groups in total. The van der Waals surface area contributed by atoms with E-state index in [4.69, 9.17) is 0 Å². The van der Waals surface area contributed by atoms with E-state index in [0.717, 1.165) is 41.2 Å². The van der Waals surface area contributed by atoms with E-state index in [1.165, 1.54) is 32.1 Å². The summed E-state index contributed by atoms with van der Waals surface area (Å²) in [5.41, 5.74) is 0.913. The Bertz CT molecular complexity index is 300. The zero-order valence-electron chi connectivity index (χ0n) is 16.4. The van der Waals surface area contributed by atoms with Crippen LogP contribution in [0.1, 0.15) is 98.3 Å². The van der Waals surface area contributed by atoms with Crippen molar-refractivity contribution in [2.24, 2.45) is 35.5 Å². The highest BCUT2D eigenvalue weighted by Crippen LogP contribution is 2.46. The third kappa shape index (κ3) is 5.73. The number of rotatable bonds is 2. The number of hydrogen-bond acceptors (Lipinski definition) is 0. The normalized spacial score (nSPS) is 45.0. The fourth-order valence-electron chi connectivity index (χ4n) is 5.94. The Kier molecular flexibility index (Phi) is 8.41. The minimum absolute atomic E-state index is 0.913. The van der Waals surface area contributed by atoms with Gasteiger partial charge in [-0.2, -0.15) is 0 Å². The van der Waals surface area contributed by atoms with E-state index < -0.39 is 0 Å². The minimum atomic E-state index is 0.913. The summed E-state index contributed by atoms with van der Waals surface area (Å²) in [6.45, 7) is 8.94. The van der Waals surface area contributed by atoms with Crippen molar-refractivity contribution >= 4 is 9.24 Å². The topological polar surface area (TPSA) is 0 Å². The monoisotopic (exact) mass is 338 g/mol. The van der Waals surface area contributed by atoms with Gasteiger partial charge in [0.05, 0.1) is 0 Å². The highest BCUT2D eigenvalue weighted by molar-refractivity contribution is 7.17. The predicted molar refractivity (Wildman–Crippen MR) is 108 cm³/mol. The molecule has 4 unspecified atom stereocenters. The van der Waals surface area contributed by atoms with E-state index in [-0.39, 0.29) is 0 Å². The van der Waals surface area contributed by atoms with Crippen LogP contribution in [0.15, 0.2) is 0 Å². The Morgan fingerprint density at radius 1 is 0.522 bits per heavy atom. The Balaban J connectivity index is 0.000000924. The fourth-order valence-corrected chi connectivity index (χ4v) is 6.76. The zero-order chi connectivity index (χ0) is 16.8. The molecule has 4 atom stereocenters. The highest BCUT2D eigenvalue weighted by Gasteiger charge is 2.35. The summed E-state index contributed by atoms with van der Waals surface area (Å²) >= 11 is 0. The van der Waals surface area contributed by atoms with Crippen molar-refractivity contribution in [2.45, 2.75) is 104 Å². The molecule has 0 spiro atoms. The summed E-state index contributed by atoms with van der Waals surface area (Å²) in [4.78, 5) is 0. The average molecular weight is 339 g/mol. The van der Waals surface area contributed by atoms with Gasteiger partial charge in [0.2, 0.25) is 0 Å². The molecule has 0 bridgehead atoms. The van der Waals surface area contributed by atoms with Crippen LogP contribution in [-0.4, -0.2) is 5.66 Å². The fraction of sp³-hybridized carbons (Fsp3) is 1.00. The Labute approximate surface area is 149 Å². The zero-order valence-corrected chi connectivity index (χ0v) is 17.6. The highest BCUT2D eigenvalue weighted by atomic mass is 31.0. The van der Waals surface area contributed by atoms with Gasteiger partial charge in [-0.25, -0.2) is 0 Å². The molecule has 0 aromatic heterocycles. The first-order chi connectivity index (χ1) is 11.1. The molecule has 0 heterocycles. The van der Waals surface area contributed by atoms with E-state index in [9.17, 15) is 0 Å². The maximum absolute atomic E-state index is 3.13. The molecule has 0 aliphatic heterocycles. The third-order valence-electron chi connectivity index (χ3n) is 7.23. The lowest BCUT2D eigenvalue weighted by molar-refractivity contribution is 0.106. The molecule has 136 valence electrons. The summed E-state index contributed by atoms with van der Waals surface area (Å²) in [5.74, 6) is 6.32. The maximum Gasteiger partial charge on any atom is -0.0259 e. The van der Waals surface area contributed by atoms with Gasteiger partial charge < -0.3 is 0 Å². The van der Waals surface area contributed by atoms with Crippen LogP contribution < -0.4 is 0 Å². The van der Waals surface area contributed by atoms with Gasteiger partial charge in [-0.15, -0.1) is 9.24 Å². The summed E-state index contributed by atoms with van der Waals surface area (Å²) in [5, 5.41) is 0. The second-order valence-corrected chi connectivity index (χ2v) is 9.97. The molecule has 3 saturated carbocycles. The van der Waals surface area contributed by atoms with Gasteiger partial charge in [-0.05, 0) is 99.0 Å². The molecule has 0 saturated heterocycles. The summed E-state index contributed by atoms with van der Waals surface area (Å²) in [6.07, 6.45) is 16.9. The largest absolute Gasteiger partial charge is 0.134 e. The van der Waals surface area contributed by atoms with Crippen LogP contribution in [0.4, 0.5) is 0 Å². The standard InChI is InChI=1S/C20H37P.C2H6/c1-14-3-5-16(6-4-14)17-7-9-18(10-8-17)19-11-15(2)12-20(21)13-19;1-2/h14-20H,3-13,21H2,1-2H3;1-2H3. The summed E-state index contributed by atoms with van der Waals surface area (Å²) < 4.78 is 0. The quantitative estimate of drug-likeness (QED) is 0.462. The van der Waals surface area contributed by atoms with E-state index >= 15 is 0 Å². The second kappa shape index (κ2) is 9.79. The minimum Gasteiger partial charge on any atom is -0.134 e. The lowest BCUT2D eigenvalue weighted by atomic mass is 9.65. The van der Waals surface area contributed by atoms with Crippen molar-refractivity contribution in [3.05, 3.63) is 0 Å². The smallest absolute Gasteiger partial charge is 0.0259 e. The molecule has 1 heteroatoms. The van der Waals surface area contributed by atoms with Crippen molar-refractivity contribution in [2.75, 3.05) is 0 Å². The molecular formula is C22H43P. The van der Waals surface area contributed by atoms with Gasteiger partial charge in [0, 0.05) is 0 Å². The molecule has 0 amide bonds. The summed E-state index contributed by atoms with van der Waals surface area (Å²) in [7, 11) is 3.13. The van der Waals surface area contributed by atoms with E-state index in [1.807, 2.05) is 13.8 Å². The van der Waals surface area contributed by atoms with Crippen LogP contribution in [0.5, 0.6) is 0 Å². The van der Waals surface area contributed by atoms with Crippen LogP contribution in [-0.2, 0) is 0 Å². The second-order valence-electron chi connectivity index (χ2n) is 9.03. The Hall–Kier alpha value is 0.430. The molecule has 0 aromatic rings. The Morgan fingerprint density at radius 2 is 0.957 bits per heavy atom. The first-order valence-corrected chi connectivity index (χ1v) is 11.5. The van der Waals surface area contributed by atoms with Gasteiger partial charge in [0.1, 0.15) is 0 Å². The van der Waals surface area contributed by atoms with Crippen molar-refractivity contribution in [1.82, 2.24) is 0 Å². The van der Waals surface area contributed by atoms with Crippen LogP contribution in [0.2, 0.25) is 0 Å². The van der Waals surface area contributed by atoms with E-state index in [0.29, 0.717) is 0 Å². The molecule has 23 heavy (non-hydrogen) atoms. The Morgan fingerprint density at radius 3 is 1.43 bits per heavy atom. The SMILES string of the molecule is CC.CC1CCC(C2CCC(C3CC(C)CC(P)C3)CC2)CC1. The third-order valence-corrected chi connectivity index (χ3v) is 7.77. The molecule has 0 nitrogen and oxygen atoms in total. The first kappa shape index (κ1) is 19.8. The van der Waals surface area contributed by atoms with Gasteiger partial charge in [-0.3, -0.25) is 0 Å². The van der Waals surface area contributed by atoms with Gasteiger partial charge in [-0.1, -0.05) is 40.5 Å². The van der Waals surface area contributed by atoms with E-state index in [2.05, 4.69) is 23.1 Å². The molecule has 0 radical (unpaired) electrons. The first-order valence-electron chi connectivity index (χ1n) is 10.9. The molecule has 0 aromatic carbocycles. The molecule has 3 rings (SSSR count). The maximum atomic E-state index is 3.13. The van der Waals surface area contributed by atoms with Crippen LogP contribution in [0, 0.1) is 35.5 Å². The molecule has 3 fully saturated rings. The van der Waals surface area contributed by atoms with E-state index in [1.54, 1.807) is 38.5 Å². The lowest BCUT2D eigenvalue weighted by Gasteiger charge is -2.42. The van der Waals surface area contributed by atoms with Crippen LogP contribution in [0.3, 0.4) is 0 Å². The van der Waals surface area contributed by atoms with Gasteiger partial charge in [0.25, 0.3) is 0 Å².